The van der Waals surface area contributed by atoms with Gasteiger partial charge in [-0.3, -0.25) is 4.79 Å². The Kier molecular flexibility index (Phi) is 4.37. The summed E-state index contributed by atoms with van der Waals surface area (Å²) in [7, 11) is 0. The molecule has 2 atom stereocenters. The standard InChI is InChI=1S/C13H20N2O2S/c1-9(2)15(6-10-4-3-5-18-10)13(16)11-7-17-8-12(11)14/h3-5,9,11-12H,6-8,14H2,1-2H3. The first kappa shape index (κ1) is 13.5. The van der Waals surface area contributed by atoms with Crippen LogP contribution in [-0.4, -0.2) is 36.1 Å². The Morgan fingerprint density at radius 3 is 2.89 bits per heavy atom. The molecule has 0 spiro atoms. The van der Waals surface area contributed by atoms with E-state index < -0.39 is 0 Å². The van der Waals surface area contributed by atoms with Crippen molar-refractivity contribution in [2.75, 3.05) is 13.2 Å². The summed E-state index contributed by atoms with van der Waals surface area (Å²) in [5.41, 5.74) is 5.92. The molecule has 1 aliphatic rings. The van der Waals surface area contributed by atoms with Crippen LogP contribution < -0.4 is 5.73 Å². The molecule has 4 nitrogen and oxygen atoms in total. The van der Waals surface area contributed by atoms with E-state index in [9.17, 15) is 4.79 Å². The van der Waals surface area contributed by atoms with Crippen molar-refractivity contribution < 1.29 is 9.53 Å². The fraction of sp³-hybridized carbons (Fsp3) is 0.615. The van der Waals surface area contributed by atoms with Crippen molar-refractivity contribution in [1.29, 1.82) is 0 Å². The zero-order valence-corrected chi connectivity index (χ0v) is 11.7. The number of thiophene rings is 1. The lowest BCUT2D eigenvalue weighted by molar-refractivity contribution is -0.138. The van der Waals surface area contributed by atoms with Crippen LogP contribution in [0.15, 0.2) is 17.5 Å². The summed E-state index contributed by atoms with van der Waals surface area (Å²) in [6, 6.07) is 4.07. The molecule has 2 unspecified atom stereocenters. The maximum atomic E-state index is 12.5. The molecule has 0 aromatic carbocycles. The summed E-state index contributed by atoms with van der Waals surface area (Å²) >= 11 is 1.67. The Bertz CT molecular complexity index is 392. The van der Waals surface area contributed by atoms with E-state index in [4.69, 9.17) is 10.5 Å². The molecule has 18 heavy (non-hydrogen) atoms. The maximum absolute atomic E-state index is 12.5. The van der Waals surface area contributed by atoms with Crippen LogP contribution in [0.5, 0.6) is 0 Å². The number of amides is 1. The molecule has 0 aliphatic carbocycles. The molecular formula is C13H20N2O2S. The van der Waals surface area contributed by atoms with E-state index in [0.29, 0.717) is 19.8 Å². The molecule has 5 heteroatoms. The minimum atomic E-state index is -0.188. The Morgan fingerprint density at radius 1 is 1.61 bits per heavy atom. The predicted molar refractivity (Wildman–Crippen MR) is 72.3 cm³/mol. The Labute approximate surface area is 112 Å². The first-order chi connectivity index (χ1) is 8.59. The Hall–Kier alpha value is -0.910. The molecular weight excluding hydrogens is 248 g/mol. The molecule has 0 bridgehead atoms. The lowest BCUT2D eigenvalue weighted by Gasteiger charge is -2.29. The van der Waals surface area contributed by atoms with Gasteiger partial charge < -0.3 is 15.4 Å². The van der Waals surface area contributed by atoms with Crippen molar-refractivity contribution in [2.24, 2.45) is 11.7 Å². The van der Waals surface area contributed by atoms with Crippen LogP contribution >= 0.6 is 11.3 Å². The minimum Gasteiger partial charge on any atom is -0.379 e. The molecule has 1 aliphatic heterocycles. The van der Waals surface area contributed by atoms with E-state index >= 15 is 0 Å². The van der Waals surface area contributed by atoms with Gasteiger partial charge in [-0.2, -0.15) is 0 Å². The van der Waals surface area contributed by atoms with Gasteiger partial charge in [0.15, 0.2) is 0 Å². The number of hydrogen-bond acceptors (Lipinski definition) is 4. The second-order valence-electron chi connectivity index (χ2n) is 4.95. The summed E-state index contributed by atoms with van der Waals surface area (Å²) in [6.45, 7) is 5.67. The van der Waals surface area contributed by atoms with E-state index in [1.54, 1.807) is 11.3 Å². The molecule has 1 fully saturated rings. The molecule has 1 aromatic rings. The number of ether oxygens (including phenoxy) is 1. The molecule has 100 valence electrons. The van der Waals surface area contributed by atoms with Gasteiger partial charge in [0.25, 0.3) is 0 Å². The smallest absolute Gasteiger partial charge is 0.230 e. The third kappa shape index (κ3) is 2.91. The van der Waals surface area contributed by atoms with Crippen molar-refractivity contribution in [3.8, 4) is 0 Å². The highest BCUT2D eigenvalue weighted by atomic mass is 32.1. The van der Waals surface area contributed by atoms with Gasteiger partial charge in [0.05, 0.1) is 25.7 Å². The van der Waals surface area contributed by atoms with Crippen LogP contribution in [-0.2, 0) is 16.1 Å². The zero-order chi connectivity index (χ0) is 13.1. The third-order valence-corrected chi connectivity index (χ3v) is 4.12. The summed E-state index contributed by atoms with van der Waals surface area (Å²) in [4.78, 5) is 15.6. The highest BCUT2D eigenvalue weighted by Gasteiger charge is 2.35. The second-order valence-corrected chi connectivity index (χ2v) is 5.98. The van der Waals surface area contributed by atoms with Crippen molar-refractivity contribution in [3.63, 3.8) is 0 Å². The third-order valence-electron chi connectivity index (χ3n) is 3.25. The molecule has 1 aromatic heterocycles. The van der Waals surface area contributed by atoms with Gasteiger partial charge in [-0.25, -0.2) is 0 Å². The zero-order valence-electron chi connectivity index (χ0n) is 10.8. The average Bonchev–Trinajstić information content (AvgIpc) is 2.95. The van der Waals surface area contributed by atoms with Gasteiger partial charge in [0.1, 0.15) is 0 Å². The van der Waals surface area contributed by atoms with Crippen molar-refractivity contribution in [3.05, 3.63) is 22.4 Å². The fourth-order valence-corrected chi connectivity index (χ4v) is 2.83. The van der Waals surface area contributed by atoms with Gasteiger partial charge in [-0.1, -0.05) is 6.07 Å². The van der Waals surface area contributed by atoms with E-state index in [2.05, 4.69) is 6.07 Å². The molecule has 1 saturated heterocycles. The quantitative estimate of drug-likeness (QED) is 0.899. The van der Waals surface area contributed by atoms with E-state index in [-0.39, 0.29) is 23.9 Å². The number of rotatable bonds is 4. The molecule has 2 heterocycles. The highest BCUT2D eigenvalue weighted by Crippen LogP contribution is 2.20. The summed E-state index contributed by atoms with van der Waals surface area (Å²) in [5, 5.41) is 2.03. The van der Waals surface area contributed by atoms with E-state index in [1.807, 2.05) is 30.2 Å². The lowest BCUT2D eigenvalue weighted by Crippen LogP contribution is -2.45. The van der Waals surface area contributed by atoms with Gasteiger partial charge >= 0.3 is 0 Å². The highest BCUT2D eigenvalue weighted by molar-refractivity contribution is 7.09. The fourth-order valence-electron chi connectivity index (χ4n) is 2.12. The molecule has 2 rings (SSSR count). The summed E-state index contributed by atoms with van der Waals surface area (Å²) < 4.78 is 5.29. The number of hydrogen-bond donors (Lipinski definition) is 1. The topological polar surface area (TPSA) is 55.6 Å². The van der Waals surface area contributed by atoms with Gasteiger partial charge in [-0.05, 0) is 25.3 Å². The number of nitrogens with zero attached hydrogens (tertiary/aromatic N) is 1. The lowest BCUT2D eigenvalue weighted by atomic mass is 10.0. The minimum absolute atomic E-state index is 0.114. The van der Waals surface area contributed by atoms with Crippen LogP contribution in [0.2, 0.25) is 0 Å². The van der Waals surface area contributed by atoms with Gasteiger partial charge in [0.2, 0.25) is 5.91 Å². The monoisotopic (exact) mass is 268 g/mol. The van der Waals surface area contributed by atoms with Crippen LogP contribution in [0.4, 0.5) is 0 Å². The number of carbonyl (C=O) groups excluding carboxylic acids is 1. The molecule has 0 saturated carbocycles. The number of carbonyl (C=O) groups is 1. The van der Waals surface area contributed by atoms with Crippen molar-refractivity contribution in [1.82, 2.24) is 4.90 Å². The van der Waals surface area contributed by atoms with Crippen LogP contribution in [0.3, 0.4) is 0 Å². The number of nitrogens with two attached hydrogens (primary N) is 1. The maximum Gasteiger partial charge on any atom is 0.230 e. The second kappa shape index (κ2) is 5.82. The largest absolute Gasteiger partial charge is 0.379 e. The van der Waals surface area contributed by atoms with Gasteiger partial charge in [-0.15, -0.1) is 11.3 Å². The first-order valence-corrected chi connectivity index (χ1v) is 7.13. The molecule has 0 radical (unpaired) electrons. The van der Waals surface area contributed by atoms with Gasteiger partial charge in [0, 0.05) is 17.0 Å². The SMILES string of the molecule is CC(C)N(Cc1cccs1)C(=O)C1COCC1N. The molecule has 2 N–H and O–H groups in total. The van der Waals surface area contributed by atoms with E-state index in [0.717, 1.165) is 0 Å². The summed E-state index contributed by atoms with van der Waals surface area (Å²) in [6.07, 6.45) is 0. The average molecular weight is 268 g/mol. The predicted octanol–water partition coefficient (Wildman–Crippen LogP) is 1.46. The van der Waals surface area contributed by atoms with Crippen molar-refractivity contribution in [2.45, 2.75) is 32.5 Å². The summed E-state index contributed by atoms with van der Waals surface area (Å²) in [5.74, 6) is -0.0734. The van der Waals surface area contributed by atoms with E-state index in [1.165, 1.54) is 4.88 Å². The molecule has 1 amide bonds. The van der Waals surface area contributed by atoms with Crippen LogP contribution in [0, 0.1) is 5.92 Å². The normalized spacial score (nSPS) is 23.6. The Balaban J connectivity index is 2.07. The van der Waals surface area contributed by atoms with Crippen molar-refractivity contribution >= 4 is 17.2 Å². The van der Waals surface area contributed by atoms with Crippen LogP contribution in [0.25, 0.3) is 0 Å². The van der Waals surface area contributed by atoms with Crippen LogP contribution in [0.1, 0.15) is 18.7 Å². The Morgan fingerprint density at radius 2 is 2.39 bits per heavy atom. The first-order valence-electron chi connectivity index (χ1n) is 6.25.